The number of aromatic nitrogens is 2. The monoisotopic (exact) mass is 453 g/mol. The molecule has 0 unspecified atom stereocenters. The molecule has 0 spiro atoms. The Morgan fingerprint density at radius 2 is 1.97 bits per heavy atom. The molecular weight excluding hydrogens is 433 g/mol. The first kappa shape index (κ1) is 21.8. The first-order valence-electron chi connectivity index (χ1n) is 10.3. The standard InChI is InChI=1S/C23H21ClFN5O2/c24-11-21(31)29-9-6-17(7-10-29)28-22-18(12-26)23(32)30(20-5-8-27-13-19(20)22)14-15-1-3-16(25)4-2-15/h1-5,8,13,17,28H,6-7,9-11,14H2. The number of likely N-dealkylation sites (tertiary alicyclic amines) is 1. The van der Waals surface area contributed by atoms with Gasteiger partial charge in [0.15, 0.2) is 0 Å². The van der Waals surface area contributed by atoms with Crippen molar-refractivity contribution >= 4 is 34.1 Å². The second-order valence-corrected chi connectivity index (χ2v) is 7.97. The fraction of sp³-hybridized carbons (Fsp3) is 0.304. The lowest BCUT2D eigenvalue weighted by Crippen LogP contribution is -2.43. The summed E-state index contributed by atoms with van der Waals surface area (Å²) < 4.78 is 14.8. The summed E-state index contributed by atoms with van der Waals surface area (Å²) in [6, 6.07) is 9.69. The van der Waals surface area contributed by atoms with Gasteiger partial charge in [0, 0.05) is 36.9 Å². The van der Waals surface area contributed by atoms with Crippen LogP contribution >= 0.6 is 11.6 Å². The number of rotatable bonds is 5. The molecule has 0 atom stereocenters. The first-order chi connectivity index (χ1) is 15.5. The van der Waals surface area contributed by atoms with Crippen LogP contribution in [0.3, 0.4) is 0 Å². The molecule has 32 heavy (non-hydrogen) atoms. The number of carbonyl (C=O) groups excluding carboxylic acids is 1. The van der Waals surface area contributed by atoms with Crippen molar-refractivity contribution in [1.29, 1.82) is 5.26 Å². The van der Waals surface area contributed by atoms with E-state index in [9.17, 15) is 19.2 Å². The van der Waals surface area contributed by atoms with Crippen LogP contribution in [0.25, 0.3) is 10.9 Å². The summed E-state index contributed by atoms with van der Waals surface area (Å²) in [5, 5.41) is 13.8. The summed E-state index contributed by atoms with van der Waals surface area (Å²) >= 11 is 5.65. The summed E-state index contributed by atoms with van der Waals surface area (Å²) in [6.07, 6.45) is 4.57. The Bertz CT molecular complexity index is 1240. The number of hydrogen-bond donors (Lipinski definition) is 1. The molecule has 0 saturated carbocycles. The van der Waals surface area contributed by atoms with Crippen molar-refractivity contribution in [3.8, 4) is 6.07 Å². The first-order valence-corrected chi connectivity index (χ1v) is 10.8. The number of amides is 1. The summed E-state index contributed by atoms with van der Waals surface area (Å²) in [7, 11) is 0. The van der Waals surface area contributed by atoms with Crippen molar-refractivity contribution in [2.45, 2.75) is 25.4 Å². The van der Waals surface area contributed by atoms with E-state index in [1.54, 1.807) is 35.5 Å². The molecule has 0 aliphatic carbocycles. The zero-order chi connectivity index (χ0) is 22.7. The number of halogens is 2. The molecule has 3 heterocycles. The fourth-order valence-electron chi connectivity index (χ4n) is 4.05. The molecule has 1 amide bonds. The molecule has 4 rings (SSSR count). The lowest BCUT2D eigenvalue weighted by Gasteiger charge is -2.33. The van der Waals surface area contributed by atoms with E-state index in [0.717, 1.165) is 5.56 Å². The normalized spacial score (nSPS) is 14.3. The molecule has 164 valence electrons. The van der Waals surface area contributed by atoms with Crippen LogP contribution in [0, 0.1) is 17.1 Å². The Balaban J connectivity index is 1.70. The predicted octanol–water partition coefficient (Wildman–Crippen LogP) is 3.10. The lowest BCUT2D eigenvalue weighted by molar-refractivity contribution is -0.129. The lowest BCUT2D eigenvalue weighted by atomic mass is 10.0. The van der Waals surface area contributed by atoms with Crippen molar-refractivity contribution in [3.05, 3.63) is 70.0 Å². The van der Waals surface area contributed by atoms with Crippen LogP contribution in [0.2, 0.25) is 0 Å². The number of piperidine rings is 1. The number of nitrogens with zero attached hydrogens (tertiary/aromatic N) is 4. The SMILES string of the molecule is N#Cc1c(NC2CCN(C(=O)CCl)CC2)c2cnccc2n(Cc2ccc(F)cc2)c1=O. The maximum atomic E-state index is 13.3. The average Bonchev–Trinajstić information content (AvgIpc) is 2.83. The highest BCUT2D eigenvalue weighted by atomic mass is 35.5. The highest BCUT2D eigenvalue weighted by molar-refractivity contribution is 6.27. The Hall–Kier alpha value is -3.44. The number of anilines is 1. The molecule has 3 aromatic rings. The zero-order valence-electron chi connectivity index (χ0n) is 17.2. The number of nitriles is 1. The van der Waals surface area contributed by atoms with E-state index >= 15 is 0 Å². The van der Waals surface area contributed by atoms with Crippen LogP contribution in [0.5, 0.6) is 0 Å². The third-order valence-electron chi connectivity index (χ3n) is 5.74. The van der Waals surface area contributed by atoms with Crippen molar-refractivity contribution in [2.75, 3.05) is 24.3 Å². The van der Waals surface area contributed by atoms with Gasteiger partial charge in [0.05, 0.1) is 17.7 Å². The van der Waals surface area contributed by atoms with Crippen LogP contribution in [-0.4, -0.2) is 45.4 Å². The van der Waals surface area contributed by atoms with E-state index in [1.807, 2.05) is 0 Å². The predicted molar refractivity (Wildman–Crippen MR) is 120 cm³/mol. The molecule has 0 radical (unpaired) electrons. The highest BCUT2D eigenvalue weighted by Gasteiger charge is 2.25. The average molecular weight is 454 g/mol. The molecule has 1 aliphatic rings. The molecule has 2 aromatic heterocycles. The van der Waals surface area contributed by atoms with Crippen molar-refractivity contribution in [2.24, 2.45) is 0 Å². The minimum absolute atomic E-state index is 0.00256. The van der Waals surface area contributed by atoms with E-state index in [-0.39, 0.29) is 35.8 Å². The third-order valence-corrected chi connectivity index (χ3v) is 5.97. The second kappa shape index (κ2) is 9.37. The molecule has 1 N–H and O–H groups in total. The van der Waals surface area contributed by atoms with Gasteiger partial charge in [-0.2, -0.15) is 5.26 Å². The van der Waals surface area contributed by atoms with Gasteiger partial charge in [0.1, 0.15) is 23.3 Å². The number of benzene rings is 1. The Morgan fingerprint density at radius 3 is 2.62 bits per heavy atom. The number of fused-ring (bicyclic) bond motifs is 1. The van der Waals surface area contributed by atoms with Crippen LogP contribution in [0.4, 0.5) is 10.1 Å². The van der Waals surface area contributed by atoms with Gasteiger partial charge in [-0.25, -0.2) is 4.39 Å². The second-order valence-electron chi connectivity index (χ2n) is 7.71. The number of alkyl halides is 1. The number of carbonyl (C=O) groups is 1. The van der Waals surface area contributed by atoms with Gasteiger partial charge in [-0.15, -0.1) is 11.6 Å². The molecule has 1 fully saturated rings. The Morgan fingerprint density at radius 1 is 1.25 bits per heavy atom. The summed E-state index contributed by atoms with van der Waals surface area (Å²) in [4.78, 5) is 31.0. The highest BCUT2D eigenvalue weighted by Crippen LogP contribution is 2.27. The van der Waals surface area contributed by atoms with E-state index in [2.05, 4.69) is 16.4 Å². The fourth-order valence-corrected chi connectivity index (χ4v) is 4.21. The quantitative estimate of drug-likeness (QED) is 0.599. The third kappa shape index (κ3) is 4.30. The molecule has 9 heteroatoms. The Kier molecular flexibility index (Phi) is 6.37. The molecule has 0 bridgehead atoms. The van der Waals surface area contributed by atoms with Gasteiger partial charge in [0.2, 0.25) is 5.91 Å². The van der Waals surface area contributed by atoms with Gasteiger partial charge in [-0.3, -0.25) is 14.6 Å². The Labute approximate surface area is 189 Å². The number of hydrogen-bond acceptors (Lipinski definition) is 5. The van der Waals surface area contributed by atoms with E-state index < -0.39 is 5.56 Å². The number of nitrogens with one attached hydrogen (secondary N) is 1. The summed E-state index contributed by atoms with van der Waals surface area (Å²) in [5.74, 6) is -0.494. The van der Waals surface area contributed by atoms with Gasteiger partial charge >= 0.3 is 0 Å². The molecular formula is C23H21ClFN5O2. The van der Waals surface area contributed by atoms with Gasteiger partial charge < -0.3 is 14.8 Å². The van der Waals surface area contributed by atoms with Crippen molar-refractivity contribution in [3.63, 3.8) is 0 Å². The minimum Gasteiger partial charge on any atom is -0.380 e. The van der Waals surface area contributed by atoms with E-state index in [1.165, 1.54) is 16.7 Å². The summed E-state index contributed by atoms with van der Waals surface area (Å²) in [5.41, 5.74) is 1.41. The maximum Gasteiger partial charge on any atom is 0.271 e. The van der Waals surface area contributed by atoms with Gasteiger partial charge in [0.25, 0.3) is 5.56 Å². The topological polar surface area (TPSA) is 91.0 Å². The number of pyridine rings is 2. The molecule has 1 saturated heterocycles. The van der Waals surface area contributed by atoms with E-state index in [0.29, 0.717) is 42.5 Å². The largest absolute Gasteiger partial charge is 0.380 e. The minimum atomic E-state index is -0.423. The van der Waals surface area contributed by atoms with Crippen LogP contribution in [0.1, 0.15) is 24.0 Å². The smallest absolute Gasteiger partial charge is 0.271 e. The maximum absolute atomic E-state index is 13.3. The summed E-state index contributed by atoms with van der Waals surface area (Å²) in [6.45, 7) is 1.32. The molecule has 1 aliphatic heterocycles. The van der Waals surface area contributed by atoms with Gasteiger partial charge in [-0.05, 0) is 36.6 Å². The zero-order valence-corrected chi connectivity index (χ0v) is 18.0. The van der Waals surface area contributed by atoms with Crippen LogP contribution < -0.4 is 10.9 Å². The van der Waals surface area contributed by atoms with Crippen molar-refractivity contribution in [1.82, 2.24) is 14.5 Å². The molecule has 1 aromatic carbocycles. The van der Waals surface area contributed by atoms with Crippen LogP contribution in [-0.2, 0) is 11.3 Å². The molecule has 7 nitrogen and oxygen atoms in total. The van der Waals surface area contributed by atoms with Gasteiger partial charge in [-0.1, -0.05) is 12.1 Å². The van der Waals surface area contributed by atoms with Crippen molar-refractivity contribution < 1.29 is 9.18 Å². The van der Waals surface area contributed by atoms with Crippen LogP contribution in [0.15, 0.2) is 47.5 Å². The van der Waals surface area contributed by atoms with E-state index in [4.69, 9.17) is 11.6 Å².